The molecular formula is C41H31BN2. The molecular weight excluding hydrogens is 531 g/mol. The van der Waals surface area contributed by atoms with Gasteiger partial charge in [-0.15, -0.1) is 0 Å². The van der Waals surface area contributed by atoms with Gasteiger partial charge in [0.05, 0.1) is 0 Å². The highest BCUT2D eigenvalue weighted by Crippen LogP contribution is 2.54. The van der Waals surface area contributed by atoms with E-state index in [4.69, 9.17) is 0 Å². The predicted octanol–water partition coefficient (Wildman–Crippen LogP) is 9.19. The van der Waals surface area contributed by atoms with Gasteiger partial charge in [-0.05, 0) is 87.8 Å². The van der Waals surface area contributed by atoms with Crippen molar-refractivity contribution in [2.45, 2.75) is 19.3 Å². The molecule has 3 aliphatic rings. The highest BCUT2D eigenvalue weighted by Gasteiger charge is 2.52. The van der Waals surface area contributed by atoms with Gasteiger partial charge in [0.15, 0.2) is 0 Å². The average Bonchev–Trinajstić information content (AvgIpc) is 3.54. The largest absolute Gasteiger partial charge is 0.311 e. The van der Waals surface area contributed by atoms with Gasteiger partial charge >= 0.3 is 0 Å². The van der Waals surface area contributed by atoms with E-state index in [1.54, 1.807) is 5.47 Å². The van der Waals surface area contributed by atoms with Gasteiger partial charge in [0.25, 0.3) is 0 Å². The molecule has 0 saturated heterocycles. The molecule has 1 aliphatic carbocycles. The molecule has 2 nitrogen and oxygen atoms in total. The molecule has 0 amide bonds. The lowest BCUT2D eigenvalue weighted by molar-refractivity contribution is 0.667. The van der Waals surface area contributed by atoms with Crippen molar-refractivity contribution in [3.8, 4) is 0 Å². The number of hydrogen-bond acceptors (Lipinski definition) is 2. The molecule has 3 heteroatoms. The first kappa shape index (κ1) is 25.2. The maximum atomic E-state index is 2.49. The summed E-state index contributed by atoms with van der Waals surface area (Å²) in [7, 11) is 0. The lowest BCUT2D eigenvalue weighted by Gasteiger charge is -2.39. The summed E-state index contributed by atoms with van der Waals surface area (Å²) in [5.41, 5.74) is 17.1. The lowest BCUT2D eigenvalue weighted by Crippen LogP contribution is -2.52. The molecule has 9 rings (SSSR count). The molecule has 2 aliphatic heterocycles. The zero-order chi connectivity index (χ0) is 29.4. The van der Waals surface area contributed by atoms with E-state index < -0.39 is 0 Å². The summed E-state index contributed by atoms with van der Waals surface area (Å²) >= 11 is 0. The molecule has 2 heterocycles. The third kappa shape index (κ3) is 3.44. The maximum absolute atomic E-state index is 2.49. The first-order chi connectivity index (χ1) is 21.6. The van der Waals surface area contributed by atoms with E-state index in [0.29, 0.717) is 0 Å². The normalized spacial score (nSPS) is 15.0. The van der Waals surface area contributed by atoms with Crippen LogP contribution >= 0.6 is 0 Å². The molecule has 0 unspecified atom stereocenters. The van der Waals surface area contributed by atoms with E-state index in [2.05, 4.69) is 175 Å². The van der Waals surface area contributed by atoms with Crippen LogP contribution in [0.2, 0.25) is 0 Å². The highest BCUT2D eigenvalue weighted by molar-refractivity contribution is 6.97. The van der Waals surface area contributed by atoms with Gasteiger partial charge in [-0.3, -0.25) is 0 Å². The second-order valence-electron chi connectivity index (χ2n) is 12.6. The van der Waals surface area contributed by atoms with Gasteiger partial charge in [0, 0.05) is 39.5 Å². The second-order valence-corrected chi connectivity index (χ2v) is 12.6. The fourth-order valence-corrected chi connectivity index (χ4v) is 8.08. The number of nitrogens with zero attached hydrogens (tertiary/aromatic N) is 2. The summed E-state index contributed by atoms with van der Waals surface area (Å²) < 4.78 is 0. The van der Waals surface area contributed by atoms with Crippen molar-refractivity contribution >= 4 is 57.3 Å². The van der Waals surface area contributed by atoms with E-state index in [-0.39, 0.29) is 12.1 Å². The van der Waals surface area contributed by atoms with Crippen molar-refractivity contribution in [3.05, 3.63) is 174 Å². The van der Waals surface area contributed by atoms with Crippen LogP contribution in [0.15, 0.2) is 157 Å². The fourth-order valence-electron chi connectivity index (χ4n) is 8.08. The Labute approximate surface area is 259 Å². The molecule has 0 bridgehead atoms. The molecule has 44 heavy (non-hydrogen) atoms. The van der Waals surface area contributed by atoms with Gasteiger partial charge in [-0.2, -0.15) is 0 Å². The summed E-state index contributed by atoms with van der Waals surface area (Å²) in [5, 5.41) is 0. The Hall–Kier alpha value is -5.28. The topological polar surface area (TPSA) is 6.48 Å². The standard InChI is InChI=1S/C41H31BN2/c1-41(2)34-23-10-9-21-32(34)38-33-22-14-26-37-39(33)42(40(38)41)35-24-11-12-25-36(35)44(37)31-20-13-19-30(27-31)43(28-15-5-3-6-16-28)29-17-7-4-8-18-29/h3-27H,1-2H3. The summed E-state index contributed by atoms with van der Waals surface area (Å²) in [6, 6.07) is 55.3. The number of fused-ring (bicyclic) bond motifs is 6. The molecule has 0 saturated carbocycles. The van der Waals surface area contributed by atoms with Crippen molar-refractivity contribution in [1.29, 1.82) is 0 Å². The number of para-hydroxylation sites is 3. The van der Waals surface area contributed by atoms with E-state index >= 15 is 0 Å². The lowest BCUT2D eigenvalue weighted by atomic mass is 9.33. The third-order valence-corrected chi connectivity index (χ3v) is 9.85. The first-order valence-corrected chi connectivity index (χ1v) is 15.5. The molecule has 6 aromatic rings. The minimum Gasteiger partial charge on any atom is -0.311 e. The monoisotopic (exact) mass is 562 g/mol. The number of benzene rings is 6. The quantitative estimate of drug-likeness (QED) is 0.198. The van der Waals surface area contributed by atoms with Gasteiger partial charge < -0.3 is 9.80 Å². The Bertz CT molecular complexity index is 2070. The molecule has 0 radical (unpaired) electrons. The van der Waals surface area contributed by atoms with Crippen LogP contribution in [-0.4, -0.2) is 6.71 Å². The summed E-state index contributed by atoms with van der Waals surface area (Å²) in [5.74, 6) is 0. The Morgan fingerprint density at radius 2 is 1.14 bits per heavy atom. The van der Waals surface area contributed by atoms with Crippen LogP contribution in [0.4, 0.5) is 34.1 Å². The van der Waals surface area contributed by atoms with Gasteiger partial charge in [0.2, 0.25) is 6.71 Å². The minimum absolute atomic E-state index is 0.0477. The van der Waals surface area contributed by atoms with Crippen molar-refractivity contribution in [3.63, 3.8) is 0 Å². The zero-order valence-corrected chi connectivity index (χ0v) is 24.9. The van der Waals surface area contributed by atoms with Gasteiger partial charge in [-0.1, -0.05) is 116 Å². The van der Waals surface area contributed by atoms with Crippen LogP contribution in [0.1, 0.15) is 30.5 Å². The maximum Gasteiger partial charge on any atom is 0.244 e. The van der Waals surface area contributed by atoms with Crippen molar-refractivity contribution in [1.82, 2.24) is 0 Å². The molecule has 6 aromatic carbocycles. The second kappa shape index (κ2) is 9.36. The van der Waals surface area contributed by atoms with Crippen LogP contribution < -0.4 is 20.7 Å². The highest BCUT2D eigenvalue weighted by atomic mass is 15.2. The van der Waals surface area contributed by atoms with Crippen molar-refractivity contribution in [2.75, 3.05) is 9.80 Å². The molecule has 0 aromatic heterocycles. The van der Waals surface area contributed by atoms with Crippen molar-refractivity contribution < 1.29 is 0 Å². The molecule has 0 N–H and O–H groups in total. The Morgan fingerprint density at radius 3 is 1.91 bits per heavy atom. The molecule has 0 spiro atoms. The van der Waals surface area contributed by atoms with Crippen molar-refractivity contribution in [2.24, 2.45) is 0 Å². The molecule has 208 valence electrons. The van der Waals surface area contributed by atoms with E-state index in [0.717, 1.165) is 22.7 Å². The third-order valence-electron chi connectivity index (χ3n) is 9.85. The summed E-state index contributed by atoms with van der Waals surface area (Å²) in [6.45, 7) is 5.07. The van der Waals surface area contributed by atoms with E-state index in [1.165, 1.54) is 44.6 Å². The SMILES string of the molecule is CC1(C)C2=C(c3ccccc31)c1cccc3c1B2c1ccccc1N3c1cccc(N(c2ccccc2)c2ccccc2)c1. The van der Waals surface area contributed by atoms with Crippen LogP contribution in [-0.2, 0) is 5.41 Å². The Kier molecular flexibility index (Phi) is 5.37. The predicted molar refractivity (Wildman–Crippen MR) is 186 cm³/mol. The van der Waals surface area contributed by atoms with Crippen LogP contribution in [0.3, 0.4) is 0 Å². The van der Waals surface area contributed by atoms with E-state index in [9.17, 15) is 0 Å². The van der Waals surface area contributed by atoms with Gasteiger partial charge in [-0.25, -0.2) is 0 Å². The zero-order valence-electron chi connectivity index (χ0n) is 24.9. The molecule has 0 atom stereocenters. The van der Waals surface area contributed by atoms with E-state index in [1.807, 2.05) is 0 Å². The minimum atomic E-state index is -0.0477. The molecule has 0 fully saturated rings. The Balaban J connectivity index is 1.25. The fraction of sp³-hybridized carbons (Fsp3) is 0.0732. The summed E-state index contributed by atoms with van der Waals surface area (Å²) in [6.07, 6.45) is 0. The van der Waals surface area contributed by atoms with Crippen LogP contribution in [0.5, 0.6) is 0 Å². The summed E-state index contributed by atoms with van der Waals surface area (Å²) in [4.78, 5) is 4.83. The smallest absolute Gasteiger partial charge is 0.244 e. The first-order valence-electron chi connectivity index (χ1n) is 15.5. The Morgan fingerprint density at radius 1 is 0.545 bits per heavy atom. The number of rotatable bonds is 4. The van der Waals surface area contributed by atoms with Crippen LogP contribution in [0, 0.1) is 0 Å². The van der Waals surface area contributed by atoms with Crippen LogP contribution in [0.25, 0.3) is 5.57 Å². The number of hydrogen-bond donors (Lipinski definition) is 0. The van der Waals surface area contributed by atoms with Gasteiger partial charge in [0.1, 0.15) is 0 Å². The average molecular weight is 563 g/mol. The number of anilines is 6. The number of allylic oxidation sites excluding steroid dienone is 1.